The maximum absolute atomic E-state index is 11.1. The average Bonchev–Trinajstić information content (AvgIpc) is 2.32. The van der Waals surface area contributed by atoms with Crippen LogP contribution in [0.3, 0.4) is 0 Å². The van der Waals surface area contributed by atoms with Crippen LogP contribution in [-0.4, -0.2) is 35.2 Å². The molecule has 0 unspecified atom stereocenters. The van der Waals surface area contributed by atoms with E-state index in [4.69, 9.17) is 16.3 Å². The van der Waals surface area contributed by atoms with E-state index >= 15 is 0 Å². The van der Waals surface area contributed by atoms with Crippen molar-refractivity contribution in [3.8, 4) is 0 Å². The van der Waals surface area contributed by atoms with Gasteiger partial charge in [0, 0.05) is 25.7 Å². The number of nitrogens with zero attached hydrogens (tertiary/aromatic N) is 3. The summed E-state index contributed by atoms with van der Waals surface area (Å²) in [6.07, 6.45) is 0.708. The zero-order valence-electron chi connectivity index (χ0n) is 12.1. The Bertz CT molecular complexity index is 488. The highest BCUT2D eigenvalue weighted by Gasteiger charge is 2.27. The maximum atomic E-state index is 11.1. The van der Waals surface area contributed by atoms with Crippen LogP contribution in [-0.2, 0) is 10.2 Å². The lowest BCUT2D eigenvalue weighted by atomic mass is 9.96. The number of ether oxygens (including phenoxy) is 1. The molecule has 1 N–H and O–H groups in total. The monoisotopic (exact) mass is 302 g/mol. The first-order valence-electron chi connectivity index (χ1n) is 6.22. The Kier molecular flexibility index (Phi) is 5.64. The van der Waals surface area contributed by atoms with Crippen LogP contribution in [0.25, 0.3) is 0 Å². The SMILES string of the molecule is COCCCNc1nc(C(C)(C)C)nc(Cl)c1[N+](=O)[O-]. The first-order chi connectivity index (χ1) is 9.27. The fourth-order valence-corrected chi connectivity index (χ4v) is 1.71. The van der Waals surface area contributed by atoms with Gasteiger partial charge in [-0.2, -0.15) is 0 Å². The minimum Gasteiger partial charge on any atom is -0.385 e. The molecule has 7 nitrogen and oxygen atoms in total. The summed E-state index contributed by atoms with van der Waals surface area (Å²) in [6.45, 7) is 6.81. The normalized spacial score (nSPS) is 11.4. The molecular formula is C12H19ClN4O3. The molecule has 0 bridgehead atoms. The quantitative estimate of drug-likeness (QED) is 0.376. The van der Waals surface area contributed by atoms with Crippen molar-refractivity contribution in [1.82, 2.24) is 9.97 Å². The van der Waals surface area contributed by atoms with Gasteiger partial charge in [-0.15, -0.1) is 0 Å². The third-order valence-corrected chi connectivity index (χ3v) is 2.78. The molecule has 0 aliphatic carbocycles. The van der Waals surface area contributed by atoms with Crippen molar-refractivity contribution < 1.29 is 9.66 Å². The molecular weight excluding hydrogens is 284 g/mol. The van der Waals surface area contributed by atoms with E-state index in [1.54, 1.807) is 7.11 Å². The lowest BCUT2D eigenvalue weighted by Crippen LogP contribution is -2.19. The Morgan fingerprint density at radius 1 is 1.40 bits per heavy atom. The number of nitrogens with one attached hydrogen (secondary N) is 1. The summed E-state index contributed by atoms with van der Waals surface area (Å²) >= 11 is 5.92. The number of hydrogen-bond acceptors (Lipinski definition) is 6. The van der Waals surface area contributed by atoms with Gasteiger partial charge in [-0.05, 0) is 6.42 Å². The van der Waals surface area contributed by atoms with E-state index in [0.29, 0.717) is 25.4 Å². The topological polar surface area (TPSA) is 90.2 Å². The molecule has 112 valence electrons. The fraction of sp³-hybridized carbons (Fsp3) is 0.667. The third kappa shape index (κ3) is 4.28. The van der Waals surface area contributed by atoms with Crippen molar-refractivity contribution in [2.45, 2.75) is 32.6 Å². The molecule has 0 aromatic carbocycles. The van der Waals surface area contributed by atoms with E-state index < -0.39 is 4.92 Å². The van der Waals surface area contributed by atoms with Crippen molar-refractivity contribution in [3.63, 3.8) is 0 Å². The largest absolute Gasteiger partial charge is 0.385 e. The Balaban J connectivity index is 3.09. The predicted octanol–water partition coefficient (Wildman–Crippen LogP) is 2.78. The van der Waals surface area contributed by atoms with Gasteiger partial charge in [0.25, 0.3) is 0 Å². The van der Waals surface area contributed by atoms with Crippen LogP contribution in [0.4, 0.5) is 11.5 Å². The van der Waals surface area contributed by atoms with Gasteiger partial charge in [0.1, 0.15) is 5.82 Å². The van der Waals surface area contributed by atoms with Crippen LogP contribution < -0.4 is 5.32 Å². The van der Waals surface area contributed by atoms with E-state index in [9.17, 15) is 10.1 Å². The van der Waals surface area contributed by atoms with E-state index in [0.717, 1.165) is 0 Å². The van der Waals surface area contributed by atoms with Gasteiger partial charge in [-0.3, -0.25) is 10.1 Å². The number of nitro groups is 1. The number of anilines is 1. The minimum atomic E-state index is -0.576. The molecule has 0 radical (unpaired) electrons. The third-order valence-electron chi connectivity index (χ3n) is 2.51. The smallest absolute Gasteiger partial charge is 0.348 e. The van der Waals surface area contributed by atoms with Crippen LogP contribution in [0, 0.1) is 10.1 Å². The van der Waals surface area contributed by atoms with Gasteiger partial charge in [-0.25, -0.2) is 9.97 Å². The van der Waals surface area contributed by atoms with E-state index in [2.05, 4.69) is 15.3 Å². The Morgan fingerprint density at radius 3 is 2.55 bits per heavy atom. The Labute approximate surface area is 122 Å². The second kappa shape index (κ2) is 6.81. The van der Waals surface area contributed by atoms with Crippen molar-refractivity contribution in [2.24, 2.45) is 0 Å². The lowest BCUT2D eigenvalue weighted by molar-refractivity contribution is -0.384. The lowest BCUT2D eigenvalue weighted by Gasteiger charge is -2.18. The molecule has 1 aromatic heterocycles. The molecule has 0 saturated carbocycles. The highest BCUT2D eigenvalue weighted by atomic mass is 35.5. The molecule has 0 atom stereocenters. The molecule has 20 heavy (non-hydrogen) atoms. The summed E-state index contributed by atoms with van der Waals surface area (Å²) in [4.78, 5) is 18.7. The van der Waals surface area contributed by atoms with Gasteiger partial charge in [0.2, 0.25) is 11.0 Å². The summed E-state index contributed by atoms with van der Waals surface area (Å²) in [7, 11) is 1.60. The number of methoxy groups -OCH3 is 1. The number of rotatable bonds is 6. The minimum absolute atomic E-state index is 0.149. The molecule has 0 aliphatic rings. The van der Waals surface area contributed by atoms with Crippen molar-refractivity contribution in [2.75, 3.05) is 25.6 Å². The molecule has 0 fully saturated rings. The standard InChI is InChI=1S/C12H19ClN4O3/c1-12(2,3)11-15-9(13)8(17(18)19)10(16-11)14-6-5-7-20-4/h5-7H2,1-4H3,(H,14,15,16). The van der Waals surface area contributed by atoms with Crippen molar-refractivity contribution in [3.05, 3.63) is 21.1 Å². The summed E-state index contributed by atoms with van der Waals surface area (Å²) in [5, 5.41) is 13.8. The Morgan fingerprint density at radius 2 is 2.05 bits per heavy atom. The summed E-state index contributed by atoms with van der Waals surface area (Å²) in [5.74, 6) is 0.610. The zero-order valence-corrected chi connectivity index (χ0v) is 12.8. The highest BCUT2D eigenvalue weighted by Crippen LogP contribution is 2.32. The van der Waals surface area contributed by atoms with Gasteiger partial charge in [0.05, 0.1) is 4.92 Å². The number of halogens is 1. The van der Waals surface area contributed by atoms with Gasteiger partial charge < -0.3 is 10.1 Å². The summed E-state index contributed by atoms with van der Waals surface area (Å²) < 4.78 is 4.93. The molecule has 0 spiro atoms. The summed E-state index contributed by atoms with van der Waals surface area (Å²) in [5.41, 5.74) is -0.640. The van der Waals surface area contributed by atoms with Crippen LogP contribution in [0.2, 0.25) is 5.15 Å². The van der Waals surface area contributed by atoms with Crippen molar-refractivity contribution >= 4 is 23.1 Å². The molecule has 1 aromatic rings. The molecule has 0 amide bonds. The molecule has 8 heteroatoms. The van der Waals surface area contributed by atoms with Crippen molar-refractivity contribution in [1.29, 1.82) is 0 Å². The first kappa shape index (κ1) is 16.6. The first-order valence-corrected chi connectivity index (χ1v) is 6.60. The second-order valence-electron chi connectivity index (χ2n) is 5.32. The maximum Gasteiger partial charge on any atom is 0.348 e. The van der Waals surface area contributed by atoms with E-state index in [-0.39, 0.29) is 22.1 Å². The highest BCUT2D eigenvalue weighted by molar-refractivity contribution is 6.31. The summed E-state index contributed by atoms with van der Waals surface area (Å²) in [6, 6.07) is 0. The van der Waals surface area contributed by atoms with Crippen LogP contribution in [0.15, 0.2) is 0 Å². The molecule has 0 saturated heterocycles. The average molecular weight is 303 g/mol. The van der Waals surface area contributed by atoms with Gasteiger partial charge in [0.15, 0.2) is 0 Å². The molecule has 1 rings (SSSR count). The van der Waals surface area contributed by atoms with Gasteiger partial charge >= 0.3 is 5.69 Å². The Hall–Kier alpha value is -1.47. The number of hydrogen-bond donors (Lipinski definition) is 1. The van der Waals surface area contributed by atoms with Crippen LogP contribution >= 0.6 is 11.6 Å². The van der Waals surface area contributed by atoms with Crippen LogP contribution in [0.1, 0.15) is 33.0 Å². The van der Waals surface area contributed by atoms with E-state index in [1.165, 1.54) is 0 Å². The second-order valence-corrected chi connectivity index (χ2v) is 5.67. The zero-order chi connectivity index (χ0) is 15.3. The molecule has 1 heterocycles. The fourth-order valence-electron chi connectivity index (χ4n) is 1.47. The number of aromatic nitrogens is 2. The predicted molar refractivity (Wildman–Crippen MR) is 77.4 cm³/mol. The van der Waals surface area contributed by atoms with Crippen LogP contribution in [0.5, 0.6) is 0 Å². The van der Waals surface area contributed by atoms with E-state index in [1.807, 2.05) is 20.8 Å². The van der Waals surface area contributed by atoms with Gasteiger partial charge in [-0.1, -0.05) is 32.4 Å². The molecule has 0 aliphatic heterocycles.